The monoisotopic (exact) mass is 411 g/mol. The number of nitrogens with zero attached hydrogens (tertiary/aromatic N) is 4. The number of hydrogen-bond donors (Lipinski definition) is 2. The van der Waals surface area contributed by atoms with E-state index in [0.29, 0.717) is 18.4 Å². The van der Waals surface area contributed by atoms with Crippen molar-refractivity contribution in [2.75, 3.05) is 31.6 Å². The number of nitrogens with two attached hydrogens (primary N) is 1. The lowest BCUT2D eigenvalue weighted by Gasteiger charge is -2.31. The molecule has 0 unspecified atom stereocenters. The molecule has 1 amide bonds. The van der Waals surface area contributed by atoms with E-state index in [9.17, 15) is 9.59 Å². The maximum Gasteiger partial charge on any atom is 0.303 e. The Kier molecular flexibility index (Phi) is 7.35. The average molecular weight is 412 g/mol. The molecule has 2 aromatic rings. The van der Waals surface area contributed by atoms with Crippen molar-refractivity contribution in [2.24, 2.45) is 11.7 Å². The van der Waals surface area contributed by atoms with Crippen molar-refractivity contribution in [1.82, 2.24) is 14.9 Å². The lowest BCUT2D eigenvalue weighted by Crippen LogP contribution is -2.35. The van der Waals surface area contributed by atoms with Crippen molar-refractivity contribution in [2.45, 2.75) is 32.2 Å². The molecule has 3 N–H and O–H groups in total. The van der Waals surface area contributed by atoms with Crippen LogP contribution in [-0.4, -0.2) is 58.5 Å². The highest BCUT2D eigenvalue weighted by atomic mass is 16.4. The van der Waals surface area contributed by atoms with Crippen LogP contribution >= 0.6 is 0 Å². The van der Waals surface area contributed by atoms with Gasteiger partial charge in [0.1, 0.15) is 0 Å². The van der Waals surface area contributed by atoms with Crippen molar-refractivity contribution in [3.8, 4) is 11.1 Å². The summed E-state index contributed by atoms with van der Waals surface area (Å²) in [6, 6.07) is 7.97. The molecule has 1 fully saturated rings. The van der Waals surface area contributed by atoms with Gasteiger partial charge < -0.3 is 20.6 Å². The molecule has 1 aliphatic heterocycles. The zero-order valence-electron chi connectivity index (χ0n) is 17.3. The second-order valence-corrected chi connectivity index (χ2v) is 7.79. The van der Waals surface area contributed by atoms with E-state index in [2.05, 4.69) is 14.9 Å². The lowest BCUT2D eigenvalue weighted by molar-refractivity contribution is -0.137. The molecule has 0 bridgehead atoms. The molecule has 1 aromatic carbocycles. The maximum atomic E-state index is 11.7. The Labute approximate surface area is 176 Å². The van der Waals surface area contributed by atoms with E-state index in [4.69, 9.17) is 10.8 Å². The molecule has 1 aliphatic rings. The van der Waals surface area contributed by atoms with Gasteiger partial charge in [-0.25, -0.2) is 9.97 Å². The van der Waals surface area contributed by atoms with Crippen LogP contribution in [-0.2, 0) is 16.1 Å². The van der Waals surface area contributed by atoms with Gasteiger partial charge in [0, 0.05) is 51.1 Å². The summed E-state index contributed by atoms with van der Waals surface area (Å²) >= 11 is 0. The number of amides is 1. The fraction of sp³-hybridized carbons (Fsp3) is 0.455. The summed E-state index contributed by atoms with van der Waals surface area (Å²) in [7, 11) is 1.74. The minimum Gasteiger partial charge on any atom is -0.481 e. The molecule has 0 saturated carbocycles. The van der Waals surface area contributed by atoms with Gasteiger partial charge in [0.25, 0.3) is 0 Å². The predicted molar refractivity (Wildman–Crippen MR) is 115 cm³/mol. The van der Waals surface area contributed by atoms with Gasteiger partial charge >= 0.3 is 5.97 Å². The van der Waals surface area contributed by atoms with E-state index >= 15 is 0 Å². The van der Waals surface area contributed by atoms with Gasteiger partial charge in [-0.15, -0.1) is 0 Å². The SMILES string of the molecule is CN(Cc1cccc(-c2cnc(N3CCC(CCC(=O)O)CC3)nc2)c1)C(=O)CN. The summed E-state index contributed by atoms with van der Waals surface area (Å²) in [4.78, 5) is 35.3. The summed E-state index contributed by atoms with van der Waals surface area (Å²) in [5, 5.41) is 8.84. The molecule has 0 aliphatic carbocycles. The zero-order valence-corrected chi connectivity index (χ0v) is 17.3. The zero-order chi connectivity index (χ0) is 21.5. The number of carboxylic acids is 1. The fourth-order valence-corrected chi connectivity index (χ4v) is 3.75. The number of rotatable bonds is 8. The standard InChI is InChI=1S/C22H29N5O3/c1-26(20(28)12-23)15-17-3-2-4-18(11-17)19-13-24-22(25-14-19)27-9-7-16(8-10-27)5-6-21(29)30/h2-4,11,13-14,16H,5-10,12,15,23H2,1H3,(H,29,30). The van der Waals surface area contributed by atoms with Crippen molar-refractivity contribution in [1.29, 1.82) is 0 Å². The number of carbonyl (C=O) groups is 2. The first kappa shape index (κ1) is 21.7. The quantitative estimate of drug-likeness (QED) is 0.684. The maximum absolute atomic E-state index is 11.7. The molecule has 1 aromatic heterocycles. The smallest absolute Gasteiger partial charge is 0.303 e. The molecule has 8 nitrogen and oxygen atoms in total. The van der Waals surface area contributed by atoms with E-state index in [1.54, 1.807) is 11.9 Å². The molecule has 0 atom stereocenters. The van der Waals surface area contributed by atoms with Crippen LogP contribution in [0.4, 0.5) is 5.95 Å². The highest BCUT2D eigenvalue weighted by molar-refractivity contribution is 5.77. The minimum absolute atomic E-state index is 0.00228. The lowest BCUT2D eigenvalue weighted by atomic mass is 9.92. The number of carbonyl (C=O) groups excluding carboxylic acids is 1. The van der Waals surface area contributed by atoms with E-state index in [1.807, 2.05) is 36.7 Å². The molecular weight excluding hydrogens is 382 g/mol. The van der Waals surface area contributed by atoms with Crippen LogP contribution in [0, 0.1) is 5.92 Å². The molecule has 0 radical (unpaired) electrons. The number of piperidine rings is 1. The largest absolute Gasteiger partial charge is 0.481 e. The van der Waals surface area contributed by atoms with Crippen molar-refractivity contribution >= 4 is 17.8 Å². The molecule has 3 rings (SSSR count). The third kappa shape index (κ3) is 5.76. The Hall–Kier alpha value is -3.00. The normalized spacial score (nSPS) is 14.5. The second kappa shape index (κ2) is 10.2. The fourth-order valence-electron chi connectivity index (χ4n) is 3.75. The summed E-state index contributed by atoms with van der Waals surface area (Å²) < 4.78 is 0. The van der Waals surface area contributed by atoms with E-state index < -0.39 is 5.97 Å². The van der Waals surface area contributed by atoms with Gasteiger partial charge in [-0.2, -0.15) is 0 Å². The minimum atomic E-state index is -0.724. The van der Waals surface area contributed by atoms with Gasteiger partial charge in [-0.1, -0.05) is 18.2 Å². The topological polar surface area (TPSA) is 113 Å². The van der Waals surface area contributed by atoms with Crippen molar-refractivity contribution in [3.63, 3.8) is 0 Å². The van der Waals surface area contributed by atoms with Crippen LogP contribution in [0.15, 0.2) is 36.7 Å². The number of anilines is 1. The number of hydrogen-bond acceptors (Lipinski definition) is 6. The predicted octanol–water partition coefficient (Wildman–Crippen LogP) is 2.14. The summed E-state index contributed by atoms with van der Waals surface area (Å²) in [5.74, 6) is 0.348. The second-order valence-electron chi connectivity index (χ2n) is 7.79. The third-order valence-electron chi connectivity index (χ3n) is 5.58. The van der Waals surface area contributed by atoms with E-state index in [0.717, 1.165) is 49.0 Å². The molecule has 2 heterocycles. The van der Waals surface area contributed by atoms with E-state index in [1.165, 1.54) is 0 Å². The molecule has 0 spiro atoms. The highest BCUT2D eigenvalue weighted by Gasteiger charge is 2.21. The molecule has 30 heavy (non-hydrogen) atoms. The molecular formula is C22H29N5O3. The number of aromatic nitrogens is 2. The Morgan fingerprint density at radius 2 is 1.90 bits per heavy atom. The first-order chi connectivity index (χ1) is 14.5. The van der Waals surface area contributed by atoms with Crippen LogP contribution < -0.4 is 10.6 Å². The van der Waals surface area contributed by atoms with E-state index in [-0.39, 0.29) is 18.9 Å². The Balaban J connectivity index is 1.60. The Morgan fingerprint density at radius 3 is 2.53 bits per heavy atom. The van der Waals surface area contributed by atoms with Crippen LogP contribution in [0.25, 0.3) is 11.1 Å². The number of benzene rings is 1. The van der Waals surface area contributed by atoms with Crippen LogP contribution in [0.5, 0.6) is 0 Å². The van der Waals surface area contributed by atoms with Crippen molar-refractivity contribution < 1.29 is 14.7 Å². The number of carboxylic acid groups (broad SMARTS) is 1. The third-order valence-corrected chi connectivity index (χ3v) is 5.58. The summed E-state index contributed by atoms with van der Waals surface area (Å²) in [6.07, 6.45) is 6.57. The van der Waals surface area contributed by atoms with Crippen molar-refractivity contribution in [3.05, 3.63) is 42.2 Å². The van der Waals surface area contributed by atoms with Gasteiger partial charge in [-0.05, 0) is 42.4 Å². The first-order valence-electron chi connectivity index (χ1n) is 10.3. The van der Waals surface area contributed by atoms with Gasteiger partial charge in [0.05, 0.1) is 6.54 Å². The van der Waals surface area contributed by atoms with Crippen LogP contribution in [0.1, 0.15) is 31.2 Å². The Bertz CT molecular complexity index is 863. The summed E-state index contributed by atoms with van der Waals surface area (Å²) in [5.41, 5.74) is 8.36. The highest BCUT2D eigenvalue weighted by Crippen LogP contribution is 2.25. The number of aliphatic carboxylic acids is 1. The summed E-state index contributed by atoms with van der Waals surface area (Å²) in [6.45, 7) is 2.20. The first-order valence-corrected chi connectivity index (χ1v) is 10.3. The van der Waals surface area contributed by atoms with Crippen LogP contribution in [0.3, 0.4) is 0 Å². The average Bonchev–Trinajstić information content (AvgIpc) is 2.77. The van der Waals surface area contributed by atoms with Gasteiger partial charge in [-0.3, -0.25) is 9.59 Å². The van der Waals surface area contributed by atoms with Gasteiger partial charge in [0.2, 0.25) is 11.9 Å². The Morgan fingerprint density at radius 1 is 1.20 bits per heavy atom. The molecule has 160 valence electrons. The molecule has 1 saturated heterocycles. The molecule has 8 heteroatoms. The van der Waals surface area contributed by atoms with Gasteiger partial charge in [0.15, 0.2) is 0 Å². The van der Waals surface area contributed by atoms with Crippen LogP contribution in [0.2, 0.25) is 0 Å². The number of likely N-dealkylation sites (N-methyl/N-ethyl adjacent to an activating group) is 1.